The summed E-state index contributed by atoms with van der Waals surface area (Å²) in [5, 5.41) is 17.5. The number of hydrogen-bond donors (Lipinski definition) is 1. The highest BCUT2D eigenvalue weighted by Crippen LogP contribution is 2.38. The lowest BCUT2D eigenvalue weighted by atomic mass is 10.2. The van der Waals surface area contributed by atoms with E-state index in [1.165, 1.54) is 22.9 Å². The van der Waals surface area contributed by atoms with E-state index < -0.39 is 4.92 Å². The molecule has 0 amide bonds. The number of nitrogens with zero attached hydrogens (tertiary/aromatic N) is 1. The average Bonchev–Trinajstić information content (AvgIpc) is 3.58. The molecular weight excluding hydrogens is 563 g/mol. The number of nitro groups is 1. The maximum Gasteiger partial charge on any atom is 0.271 e. The van der Waals surface area contributed by atoms with E-state index in [1.807, 2.05) is 53.2 Å². The van der Waals surface area contributed by atoms with Gasteiger partial charge in [-0.05, 0) is 71.4 Å². The Morgan fingerprint density at radius 1 is 0.684 bits per heavy atom. The first kappa shape index (κ1) is 25.8. The van der Waals surface area contributed by atoms with E-state index in [0.717, 1.165) is 21.2 Å². The molecular formula is C28H18Cl2N2O4S2. The van der Waals surface area contributed by atoms with Gasteiger partial charge in [0.25, 0.3) is 5.69 Å². The molecule has 0 atom stereocenters. The molecule has 0 aliphatic rings. The zero-order valence-corrected chi connectivity index (χ0v) is 22.6. The van der Waals surface area contributed by atoms with Crippen LogP contribution >= 0.6 is 45.9 Å². The average molecular weight is 582 g/mol. The van der Waals surface area contributed by atoms with Crippen molar-refractivity contribution < 1.29 is 14.4 Å². The van der Waals surface area contributed by atoms with Gasteiger partial charge in [-0.2, -0.15) is 0 Å². The topological polar surface area (TPSA) is 87.6 Å². The monoisotopic (exact) mass is 580 g/mol. The molecule has 38 heavy (non-hydrogen) atoms. The second-order valence-corrected chi connectivity index (χ2v) is 10.7. The zero-order valence-electron chi connectivity index (χ0n) is 19.5. The predicted octanol–water partition coefficient (Wildman–Crippen LogP) is 10.2. The van der Waals surface area contributed by atoms with Crippen LogP contribution in [0.3, 0.4) is 0 Å². The summed E-state index contributed by atoms with van der Waals surface area (Å²) < 4.78 is 13.9. The van der Waals surface area contributed by atoms with Crippen LogP contribution in [0, 0.1) is 10.1 Å². The fraction of sp³-hybridized carbons (Fsp3) is 0. The molecule has 0 bridgehead atoms. The number of anilines is 1. The second kappa shape index (κ2) is 11.3. The van der Waals surface area contributed by atoms with Crippen LogP contribution in [0.15, 0.2) is 95.7 Å². The van der Waals surface area contributed by atoms with Crippen molar-refractivity contribution in [2.75, 3.05) is 5.73 Å². The third kappa shape index (κ3) is 5.69. The Hall–Kier alpha value is -3.82. The third-order valence-electron chi connectivity index (χ3n) is 5.43. The van der Waals surface area contributed by atoms with Gasteiger partial charge in [-0.3, -0.25) is 10.1 Å². The van der Waals surface area contributed by atoms with Gasteiger partial charge in [0, 0.05) is 38.0 Å². The second-order valence-electron chi connectivity index (χ2n) is 7.94. The van der Waals surface area contributed by atoms with E-state index in [-0.39, 0.29) is 10.7 Å². The van der Waals surface area contributed by atoms with Crippen molar-refractivity contribution in [2.24, 2.45) is 0 Å². The summed E-state index contributed by atoms with van der Waals surface area (Å²) in [6.45, 7) is 0. The lowest BCUT2D eigenvalue weighted by Crippen LogP contribution is -1.90. The molecule has 0 radical (unpaired) electrons. The third-order valence-corrected chi connectivity index (χ3v) is 7.79. The summed E-state index contributed by atoms with van der Waals surface area (Å²) >= 11 is 15.4. The van der Waals surface area contributed by atoms with Crippen LogP contribution in [0.1, 0.15) is 0 Å². The normalized spacial score (nSPS) is 10.7. The van der Waals surface area contributed by atoms with Gasteiger partial charge in [-0.15, -0.1) is 22.7 Å². The van der Waals surface area contributed by atoms with Gasteiger partial charge >= 0.3 is 0 Å². The molecule has 6 aromatic rings. The summed E-state index contributed by atoms with van der Waals surface area (Å²) in [5.74, 6) is 2.50. The van der Waals surface area contributed by atoms with Crippen molar-refractivity contribution in [1.82, 2.24) is 0 Å². The van der Waals surface area contributed by atoms with Crippen molar-refractivity contribution in [2.45, 2.75) is 0 Å². The predicted molar refractivity (Wildman–Crippen MR) is 158 cm³/mol. The Balaban J connectivity index is 0.000000156. The molecule has 2 heterocycles. The molecule has 2 N–H and O–H groups in total. The maximum atomic E-state index is 10.7. The number of rotatable bonds is 5. The number of thiophene rings is 2. The number of fused-ring (bicyclic) bond motifs is 2. The summed E-state index contributed by atoms with van der Waals surface area (Å²) in [6.07, 6.45) is 0. The number of ether oxygens (including phenoxy) is 2. The fourth-order valence-electron chi connectivity index (χ4n) is 3.63. The molecule has 4 aromatic carbocycles. The highest BCUT2D eigenvalue weighted by Gasteiger charge is 2.12. The summed E-state index contributed by atoms with van der Waals surface area (Å²) in [6, 6.07) is 25.1. The first-order chi connectivity index (χ1) is 18.4. The molecule has 2 aromatic heterocycles. The minimum atomic E-state index is -0.491. The number of nitro benzene ring substituents is 1. The first-order valence-corrected chi connectivity index (χ1v) is 13.7. The van der Waals surface area contributed by atoms with E-state index in [4.69, 9.17) is 38.4 Å². The van der Waals surface area contributed by atoms with Crippen LogP contribution in [-0.4, -0.2) is 4.92 Å². The lowest BCUT2D eigenvalue weighted by molar-refractivity contribution is -0.384. The fourth-order valence-corrected chi connectivity index (χ4v) is 5.68. The van der Waals surface area contributed by atoms with Gasteiger partial charge < -0.3 is 15.2 Å². The summed E-state index contributed by atoms with van der Waals surface area (Å²) in [7, 11) is 0. The molecule has 6 rings (SSSR count). The number of halogens is 2. The molecule has 0 spiro atoms. The minimum Gasteiger partial charge on any atom is -0.455 e. The molecule has 0 saturated heterocycles. The Kier molecular flexibility index (Phi) is 7.67. The van der Waals surface area contributed by atoms with E-state index in [0.29, 0.717) is 28.0 Å². The van der Waals surface area contributed by atoms with Crippen LogP contribution in [0.4, 0.5) is 11.4 Å². The Morgan fingerprint density at radius 2 is 1.21 bits per heavy atom. The van der Waals surface area contributed by atoms with Crippen molar-refractivity contribution in [1.29, 1.82) is 0 Å². The van der Waals surface area contributed by atoms with Crippen LogP contribution in [-0.2, 0) is 0 Å². The van der Waals surface area contributed by atoms with Gasteiger partial charge in [-0.25, -0.2) is 0 Å². The molecule has 6 nitrogen and oxygen atoms in total. The first-order valence-electron chi connectivity index (χ1n) is 11.2. The highest BCUT2D eigenvalue weighted by atomic mass is 35.5. The Bertz CT molecular complexity index is 1770. The molecule has 0 unspecified atom stereocenters. The summed E-state index contributed by atoms with van der Waals surface area (Å²) in [4.78, 5) is 10.2. The van der Waals surface area contributed by atoms with Crippen LogP contribution in [0.25, 0.3) is 20.2 Å². The number of benzene rings is 4. The smallest absolute Gasteiger partial charge is 0.271 e. The van der Waals surface area contributed by atoms with Gasteiger partial charge in [-0.1, -0.05) is 35.3 Å². The number of hydrogen-bond acceptors (Lipinski definition) is 7. The highest BCUT2D eigenvalue weighted by molar-refractivity contribution is 7.17. The van der Waals surface area contributed by atoms with Crippen LogP contribution < -0.4 is 15.2 Å². The standard InChI is InChI=1S/C14H8ClNO3S.C14H10ClNOS/c15-11-8-9(16(17)18)4-5-13(11)19-12-2-1-3-14-10(12)6-7-20-14;15-11-8-9(16)4-5-13(11)17-12-2-1-3-14-10(12)6-7-18-14/h1-8H;1-8H,16H2. The molecule has 0 aliphatic heterocycles. The minimum absolute atomic E-state index is 0.0592. The van der Waals surface area contributed by atoms with Crippen molar-refractivity contribution >= 4 is 77.4 Å². The van der Waals surface area contributed by atoms with Gasteiger partial charge in [0.15, 0.2) is 0 Å². The van der Waals surface area contributed by atoms with Crippen LogP contribution in [0.5, 0.6) is 23.0 Å². The number of non-ortho nitro benzene ring substituents is 1. The van der Waals surface area contributed by atoms with E-state index >= 15 is 0 Å². The van der Waals surface area contributed by atoms with Crippen molar-refractivity contribution in [3.05, 3.63) is 116 Å². The molecule has 190 valence electrons. The van der Waals surface area contributed by atoms with Crippen molar-refractivity contribution in [3.63, 3.8) is 0 Å². The molecule has 0 saturated carbocycles. The molecule has 10 heteroatoms. The van der Waals surface area contributed by atoms with Gasteiger partial charge in [0.05, 0.1) is 15.0 Å². The Labute approximate surface area is 235 Å². The number of nitrogens with two attached hydrogens (primary N) is 1. The SMILES string of the molecule is Nc1ccc(Oc2cccc3sccc23)c(Cl)c1.O=[N+]([O-])c1ccc(Oc2cccc3sccc23)c(Cl)c1. The quantitative estimate of drug-likeness (QED) is 0.124. The lowest BCUT2D eigenvalue weighted by Gasteiger charge is -2.09. The summed E-state index contributed by atoms with van der Waals surface area (Å²) in [5.41, 5.74) is 6.22. The van der Waals surface area contributed by atoms with E-state index in [9.17, 15) is 10.1 Å². The van der Waals surface area contributed by atoms with E-state index in [2.05, 4.69) is 6.07 Å². The largest absolute Gasteiger partial charge is 0.455 e. The maximum absolute atomic E-state index is 10.7. The number of nitrogen functional groups attached to an aromatic ring is 1. The van der Waals surface area contributed by atoms with Gasteiger partial charge in [0.1, 0.15) is 23.0 Å². The van der Waals surface area contributed by atoms with Gasteiger partial charge in [0.2, 0.25) is 0 Å². The van der Waals surface area contributed by atoms with Crippen molar-refractivity contribution in [3.8, 4) is 23.0 Å². The Morgan fingerprint density at radius 3 is 1.71 bits per heavy atom. The molecule has 0 fully saturated rings. The van der Waals surface area contributed by atoms with Crippen LogP contribution in [0.2, 0.25) is 10.0 Å². The zero-order chi connectivity index (χ0) is 26.6. The molecule has 0 aliphatic carbocycles. The van der Waals surface area contributed by atoms with E-state index in [1.54, 1.807) is 40.9 Å².